The largest absolute Gasteiger partial charge is 0.476 e. The number of nitrogens with zero attached hydrogens (tertiary/aromatic N) is 2. The minimum atomic E-state index is -1.13. The smallest absolute Gasteiger partial charge is 0.356 e. The quantitative estimate of drug-likeness (QED) is 0.858. The van der Waals surface area contributed by atoms with Gasteiger partial charge in [-0.3, -0.25) is 4.68 Å². The van der Waals surface area contributed by atoms with Gasteiger partial charge in [0, 0.05) is 17.1 Å². The van der Waals surface area contributed by atoms with Crippen LogP contribution < -0.4 is 0 Å². The van der Waals surface area contributed by atoms with Gasteiger partial charge in [0.15, 0.2) is 5.69 Å². The van der Waals surface area contributed by atoms with Gasteiger partial charge >= 0.3 is 5.97 Å². The van der Waals surface area contributed by atoms with E-state index in [2.05, 4.69) is 21.0 Å². The summed E-state index contributed by atoms with van der Waals surface area (Å²) in [5, 5.41) is 12.6. The second-order valence-corrected chi connectivity index (χ2v) is 4.83. The molecule has 94 valence electrons. The van der Waals surface area contributed by atoms with Gasteiger partial charge in [-0.15, -0.1) is 0 Å². The number of rotatable bonds is 2. The molecule has 0 aliphatic heterocycles. The molecule has 0 aliphatic carbocycles. The van der Waals surface area contributed by atoms with Crippen molar-refractivity contribution in [2.75, 3.05) is 0 Å². The number of aromatic carboxylic acids is 1. The third-order valence-corrected chi connectivity index (χ3v) is 3.62. The van der Waals surface area contributed by atoms with Crippen LogP contribution >= 0.6 is 27.5 Å². The van der Waals surface area contributed by atoms with Gasteiger partial charge in [0.1, 0.15) is 5.82 Å². The van der Waals surface area contributed by atoms with E-state index in [1.807, 2.05) is 0 Å². The van der Waals surface area contributed by atoms with E-state index in [0.717, 1.165) is 0 Å². The molecule has 4 nitrogen and oxygen atoms in total. The molecule has 1 aromatic heterocycles. The highest BCUT2D eigenvalue weighted by Crippen LogP contribution is 2.31. The first-order valence-corrected chi connectivity index (χ1v) is 5.99. The highest BCUT2D eigenvalue weighted by molar-refractivity contribution is 9.10. The summed E-state index contributed by atoms with van der Waals surface area (Å²) in [4.78, 5) is 10.8. The first-order chi connectivity index (χ1) is 8.40. The van der Waals surface area contributed by atoms with E-state index in [0.29, 0.717) is 15.7 Å². The molecule has 0 unspecified atom stereocenters. The number of carboxylic acid groups (broad SMARTS) is 1. The Hall–Kier alpha value is -1.40. The molecule has 1 N–H and O–H groups in total. The highest BCUT2D eigenvalue weighted by atomic mass is 79.9. The Labute approximate surface area is 115 Å². The van der Waals surface area contributed by atoms with Gasteiger partial charge < -0.3 is 5.11 Å². The lowest BCUT2D eigenvalue weighted by atomic mass is 10.1. The zero-order valence-corrected chi connectivity index (χ0v) is 11.5. The Kier molecular flexibility index (Phi) is 3.41. The zero-order valence-electron chi connectivity index (χ0n) is 9.12. The molecule has 1 aromatic carbocycles. The third-order valence-electron chi connectivity index (χ3n) is 2.38. The Morgan fingerprint density at radius 2 is 2.17 bits per heavy atom. The van der Waals surface area contributed by atoms with Gasteiger partial charge in [0.25, 0.3) is 0 Å². The molecule has 1 heterocycles. The van der Waals surface area contributed by atoms with Crippen LogP contribution in [0.3, 0.4) is 0 Å². The summed E-state index contributed by atoms with van der Waals surface area (Å²) in [6, 6.07) is 4.21. The number of carboxylic acids is 1. The molecule has 0 saturated carbocycles. The minimum absolute atomic E-state index is 0.0145. The summed E-state index contributed by atoms with van der Waals surface area (Å²) >= 11 is 8.83. The van der Waals surface area contributed by atoms with E-state index in [9.17, 15) is 9.18 Å². The van der Waals surface area contributed by atoms with Crippen molar-refractivity contribution in [2.45, 2.75) is 0 Å². The van der Waals surface area contributed by atoms with Crippen molar-refractivity contribution in [3.63, 3.8) is 0 Å². The van der Waals surface area contributed by atoms with Crippen molar-refractivity contribution in [1.29, 1.82) is 0 Å². The van der Waals surface area contributed by atoms with Crippen LogP contribution in [0.1, 0.15) is 10.5 Å². The summed E-state index contributed by atoms with van der Waals surface area (Å²) < 4.78 is 15.3. The molecule has 18 heavy (non-hydrogen) atoms. The molecule has 7 heteroatoms. The lowest BCUT2D eigenvalue weighted by Gasteiger charge is -2.05. The molecule has 0 saturated heterocycles. The molecular weight excluding hydrogens is 326 g/mol. The number of aromatic nitrogens is 2. The van der Waals surface area contributed by atoms with Gasteiger partial charge in [-0.05, 0) is 34.1 Å². The molecule has 0 radical (unpaired) electrons. The fraction of sp³-hybridized carbons (Fsp3) is 0.0909. The van der Waals surface area contributed by atoms with Gasteiger partial charge in [-0.1, -0.05) is 11.6 Å². The average Bonchev–Trinajstić information content (AvgIpc) is 2.68. The van der Waals surface area contributed by atoms with Crippen molar-refractivity contribution >= 4 is 33.5 Å². The predicted molar refractivity (Wildman–Crippen MR) is 68.3 cm³/mol. The van der Waals surface area contributed by atoms with Crippen LogP contribution in [0.2, 0.25) is 5.02 Å². The Morgan fingerprint density at radius 1 is 1.50 bits per heavy atom. The molecule has 0 aliphatic rings. The topological polar surface area (TPSA) is 55.1 Å². The van der Waals surface area contributed by atoms with Crippen molar-refractivity contribution < 1.29 is 14.3 Å². The van der Waals surface area contributed by atoms with Crippen molar-refractivity contribution in [1.82, 2.24) is 9.78 Å². The van der Waals surface area contributed by atoms with E-state index >= 15 is 0 Å². The van der Waals surface area contributed by atoms with Crippen LogP contribution in [0.4, 0.5) is 4.39 Å². The zero-order chi connectivity index (χ0) is 13.4. The SMILES string of the molecule is Cn1nc(C(=O)O)cc1-c1cc(F)c(Cl)c(Br)c1. The van der Waals surface area contributed by atoms with E-state index in [1.165, 1.54) is 16.8 Å². The third kappa shape index (κ3) is 2.26. The van der Waals surface area contributed by atoms with Gasteiger partial charge in [0.2, 0.25) is 0 Å². The maximum absolute atomic E-state index is 13.5. The summed E-state index contributed by atoms with van der Waals surface area (Å²) in [6.45, 7) is 0. The van der Waals surface area contributed by atoms with Crippen LogP contribution in [-0.4, -0.2) is 20.9 Å². The highest BCUT2D eigenvalue weighted by Gasteiger charge is 2.15. The fourth-order valence-electron chi connectivity index (χ4n) is 1.55. The Bertz CT molecular complexity index is 619. The number of benzene rings is 1. The second-order valence-electron chi connectivity index (χ2n) is 3.60. The first kappa shape index (κ1) is 13.0. The molecule has 0 amide bonds. The minimum Gasteiger partial charge on any atom is -0.476 e. The van der Waals surface area contributed by atoms with E-state index in [1.54, 1.807) is 13.1 Å². The van der Waals surface area contributed by atoms with Crippen molar-refractivity contribution in [2.24, 2.45) is 7.05 Å². The first-order valence-electron chi connectivity index (χ1n) is 4.82. The lowest BCUT2D eigenvalue weighted by molar-refractivity contribution is 0.0689. The van der Waals surface area contributed by atoms with E-state index < -0.39 is 11.8 Å². The van der Waals surface area contributed by atoms with E-state index in [-0.39, 0.29) is 10.7 Å². The fourth-order valence-corrected chi connectivity index (χ4v) is 2.09. The molecule has 0 bridgehead atoms. The molecular formula is C11H7BrClFN2O2. The monoisotopic (exact) mass is 332 g/mol. The van der Waals surface area contributed by atoms with Crippen LogP contribution in [-0.2, 0) is 7.05 Å². The predicted octanol–water partition coefficient (Wildman–Crippen LogP) is 3.34. The standard InChI is InChI=1S/C11H7BrClFN2O2/c1-16-9(4-8(15-16)11(17)18)5-2-6(12)10(13)7(14)3-5/h2-4H,1H3,(H,17,18). The van der Waals surface area contributed by atoms with Crippen LogP contribution in [0.25, 0.3) is 11.3 Å². The van der Waals surface area contributed by atoms with Gasteiger partial charge in [-0.25, -0.2) is 9.18 Å². The van der Waals surface area contributed by atoms with Crippen LogP contribution in [0, 0.1) is 5.82 Å². The molecule has 2 rings (SSSR count). The number of halogens is 3. The number of hydrogen-bond acceptors (Lipinski definition) is 2. The average molecular weight is 334 g/mol. The van der Waals surface area contributed by atoms with Gasteiger partial charge in [0.05, 0.1) is 10.7 Å². The van der Waals surface area contributed by atoms with E-state index in [4.69, 9.17) is 16.7 Å². The Morgan fingerprint density at radius 3 is 2.67 bits per heavy atom. The van der Waals surface area contributed by atoms with Crippen molar-refractivity contribution in [3.8, 4) is 11.3 Å². The molecule has 0 fully saturated rings. The van der Waals surface area contributed by atoms with Crippen LogP contribution in [0.15, 0.2) is 22.7 Å². The second kappa shape index (κ2) is 4.70. The number of hydrogen-bond donors (Lipinski definition) is 1. The van der Waals surface area contributed by atoms with Crippen LogP contribution in [0.5, 0.6) is 0 Å². The normalized spacial score (nSPS) is 10.7. The summed E-state index contributed by atoms with van der Waals surface area (Å²) in [5.74, 6) is -1.72. The Balaban J connectivity index is 2.58. The lowest BCUT2D eigenvalue weighted by Crippen LogP contribution is -1.99. The number of aryl methyl sites for hydroxylation is 1. The molecule has 0 atom stereocenters. The van der Waals surface area contributed by atoms with Gasteiger partial charge in [-0.2, -0.15) is 5.10 Å². The maximum Gasteiger partial charge on any atom is 0.356 e. The summed E-state index contributed by atoms with van der Waals surface area (Å²) in [6.07, 6.45) is 0. The molecule has 2 aromatic rings. The van der Waals surface area contributed by atoms with Crippen molar-refractivity contribution in [3.05, 3.63) is 39.2 Å². The number of carbonyl (C=O) groups is 1. The maximum atomic E-state index is 13.5. The summed E-state index contributed by atoms with van der Waals surface area (Å²) in [7, 11) is 1.59. The molecule has 0 spiro atoms. The summed E-state index contributed by atoms with van der Waals surface area (Å²) in [5.41, 5.74) is 0.883.